The molecule has 0 unspecified atom stereocenters. The molecule has 6 heteroatoms. The Kier molecular flexibility index (Phi) is 5.51. The number of carbonyl (C=O) groups excluding carboxylic acids is 1. The zero-order valence-corrected chi connectivity index (χ0v) is 10.5. The van der Waals surface area contributed by atoms with Crippen LogP contribution in [0.15, 0.2) is 18.2 Å². The number of nitro benzene ring substituents is 1. The van der Waals surface area contributed by atoms with E-state index in [-0.39, 0.29) is 23.4 Å². The summed E-state index contributed by atoms with van der Waals surface area (Å²) in [4.78, 5) is 21.9. The molecule has 0 amide bonds. The summed E-state index contributed by atoms with van der Waals surface area (Å²) in [5.41, 5.74) is 5.47. The molecule has 1 rings (SSSR count). The highest BCUT2D eigenvalue weighted by molar-refractivity contribution is 5.90. The van der Waals surface area contributed by atoms with Crippen molar-refractivity contribution in [2.24, 2.45) is 5.73 Å². The van der Waals surface area contributed by atoms with Crippen LogP contribution in [0.25, 0.3) is 0 Å². The molecule has 1 aromatic rings. The Morgan fingerprint density at radius 1 is 1.53 bits per heavy atom. The Morgan fingerprint density at radius 3 is 2.84 bits per heavy atom. The first-order valence-corrected chi connectivity index (χ1v) is 5.74. The van der Waals surface area contributed by atoms with Crippen LogP contribution in [0, 0.1) is 22.0 Å². The van der Waals surface area contributed by atoms with Gasteiger partial charge >= 0.3 is 5.97 Å². The summed E-state index contributed by atoms with van der Waals surface area (Å²) in [6.45, 7) is 2.27. The highest BCUT2D eigenvalue weighted by Gasteiger charge is 2.16. The molecule has 0 atom stereocenters. The van der Waals surface area contributed by atoms with Crippen LogP contribution in [0.4, 0.5) is 5.69 Å². The van der Waals surface area contributed by atoms with Crippen molar-refractivity contribution in [2.75, 3.05) is 13.2 Å². The van der Waals surface area contributed by atoms with E-state index in [4.69, 9.17) is 10.5 Å². The van der Waals surface area contributed by atoms with Gasteiger partial charge in [0.2, 0.25) is 0 Å². The molecule has 2 N–H and O–H groups in total. The first-order valence-electron chi connectivity index (χ1n) is 5.74. The number of ether oxygens (including phenoxy) is 1. The number of rotatable bonds is 4. The molecule has 0 aromatic heterocycles. The molecule has 0 spiro atoms. The standard InChI is InChI=1S/C13H14N2O4/c1-2-19-13(16)11-7-6-10(5-3-4-8-14)12(9-11)15(17)18/h6-7,9H,2,4,8,14H2,1H3. The second kappa shape index (κ2) is 7.13. The van der Waals surface area contributed by atoms with E-state index in [0.717, 1.165) is 0 Å². The number of esters is 1. The third kappa shape index (κ3) is 4.08. The lowest BCUT2D eigenvalue weighted by atomic mass is 10.1. The molecule has 0 bridgehead atoms. The van der Waals surface area contributed by atoms with Gasteiger partial charge in [-0.3, -0.25) is 10.1 Å². The summed E-state index contributed by atoms with van der Waals surface area (Å²) < 4.78 is 4.79. The lowest BCUT2D eigenvalue weighted by molar-refractivity contribution is -0.385. The number of nitrogens with two attached hydrogens (primary N) is 1. The lowest BCUT2D eigenvalue weighted by Gasteiger charge is -2.02. The van der Waals surface area contributed by atoms with Crippen LogP contribution in [-0.4, -0.2) is 24.0 Å². The van der Waals surface area contributed by atoms with Gasteiger partial charge in [-0.05, 0) is 19.1 Å². The third-order valence-electron chi connectivity index (χ3n) is 2.20. The van der Waals surface area contributed by atoms with Crippen LogP contribution in [-0.2, 0) is 4.74 Å². The van der Waals surface area contributed by atoms with E-state index in [2.05, 4.69) is 11.8 Å². The Bertz CT molecular complexity index is 543. The summed E-state index contributed by atoms with van der Waals surface area (Å²) in [5, 5.41) is 10.9. The summed E-state index contributed by atoms with van der Waals surface area (Å²) in [6.07, 6.45) is 0.455. The first kappa shape index (κ1) is 14.7. The van der Waals surface area contributed by atoms with E-state index < -0.39 is 10.9 Å². The third-order valence-corrected chi connectivity index (χ3v) is 2.20. The fourth-order valence-electron chi connectivity index (χ4n) is 1.36. The minimum atomic E-state index is -0.591. The number of carbonyl (C=O) groups is 1. The molecule has 0 radical (unpaired) electrons. The van der Waals surface area contributed by atoms with Crippen LogP contribution >= 0.6 is 0 Å². The molecule has 1 aromatic carbocycles. The van der Waals surface area contributed by atoms with Crippen molar-refractivity contribution in [3.63, 3.8) is 0 Å². The van der Waals surface area contributed by atoms with E-state index in [0.29, 0.717) is 13.0 Å². The highest BCUT2D eigenvalue weighted by Crippen LogP contribution is 2.20. The Hall–Kier alpha value is -2.39. The van der Waals surface area contributed by atoms with Gasteiger partial charge < -0.3 is 10.5 Å². The number of hydrogen-bond donors (Lipinski definition) is 1. The van der Waals surface area contributed by atoms with Gasteiger partial charge in [0.05, 0.1) is 17.1 Å². The quantitative estimate of drug-likeness (QED) is 0.383. The number of nitrogens with zero attached hydrogens (tertiary/aromatic N) is 1. The minimum Gasteiger partial charge on any atom is -0.462 e. The topological polar surface area (TPSA) is 95.5 Å². The van der Waals surface area contributed by atoms with Gasteiger partial charge in [0.1, 0.15) is 5.56 Å². The molecule has 0 aliphatic rings. The van der Waals surface area contributed by atoms with Crippen LogP contribution < -0.4 is 5.73 Å². The second-order valence-electron chi connectivity index (χ2n) is 3.55. The van der Waals surface area contributed by atoms with Gasteiger partial charge in [-0.25, -0.2) is 4.79 Å². The fourth-order valence-corrected chi connectivity index (χ4v) is 1.36. The lowest BCUT2D eigenvalue weighted by Crippen LogP contribution is -2.05. The molecule has 0 heterocycles. The molecular formula is C13H14N2O4. The van der Waals surface area contributed by atoms with Crippen molar-refractivity contribution in [3.05, 3.63) is 39.4 Å². The van der Waals surface area contributed by atoms with Crippen LogP contribution in [0.1, 0.15) is 29.3 Å². The normalized spacial score (nSPS) is 9.37. The molecule has 0 fully saturated rings. The maximum Gasteiger partial charge on any atom is 0.338 e. The van der Waals surface area contributed by atoms with Crippen molar-refractivity contribution < 1.29 is 14.5 Å². The van der Waals surface area contributed by atoms with Gasteiger partial charge in [-0.1, -0.05) is 11.8 Å². The predicted octanol–water partition coefficient (Wildman–Crippen LogP) is 1.47. The zero-order chi connectivity index (χ0) is 14.3. The number of hydrogen-bond acceptors (Lipinski definition) is 5. The number of benzene rings is 1. The molecule has 0 aliphatic heterocycles. The largest absolute Gasteiger partial charge is 0.462 e. The molecular weight excluding hydrogens is 248 g/mol. The van der Waals surface area contributed by atoms with Crippen molar-refractivity contribution in [1.29, 1.82) is 0 Å². The van der Waals surface area contributed by atoms with Gasteiger partial charge in [-0.2, -0.15) is 0 Å². The van der Waals surface area contributed by atoms with Crippen LogP contribution in [0.2, 0.25) is 0 Å². The van der Waals surface area contributed by atoms with E-state index in [1.807, 2.05) is 0 Å². The molecule has 0 aliphatic carbocycles. The van der Waals surface area contributed by atoms with Gasteiger partial charge in [0.25, 0.3) is 5.69 Å². The SMILES string of the molecule is CCOC(=O)c1ccc(C#CCCN)c([N+](=O)[O-])c1. The smallest absolute Gasteiger partial charge is 0.338 e. The molecule has 6 nitrogen and oxygen atoms in total. The van der Waals surface area contributed by atoms with Crippen molar-refractivity contribution in [3.8, 4) is 11.8 Å². The van der Waals surface area contributed by atoms with E-state index in [1.54, 1.807) is 6.92 Å². The van der Waals surface area contributed by atoms with E-state index >= 15 is 0 Å². The second-order valence-corrected chi connectivity index (χ2v) is 3.55. The molecule has 0 saturated heterocycles. The van der Waals surface area contributed by atoms with Crippen LogP contribution in [0.5, 0.6) is 0 Å². The summed E-state index contributed by atoms with van der Waals surface area (Å²) >= 11 is 0. The van der Waals surface area contributed by atoms with Gasteiger partial charge in [0.15, 0.2) is 0 Å². The Labute approximate surface area is 110 Å². The fraction of sp³-hybridized carbons (Fsp3) is 0.308. The maximum atomic E-state index is 11.5. The highest BCUT2D eigenvalue weighted by atomic mass is 16.6. The van der Waals surface area contributed by atoms with Gasteiger partial charge in [-0.15, -0.1) is 0 Å². The van der Waals surface area contributed by atoms with Crippen molar-refractivity contribution >= 4 is 11.7 Å². The average molecular weight is 262 g/mol. The Balaban J connectivity index is 3.12. The van der Waals surface area contributed by atoms with E-state index in [1.165, 1.54) is 18.2 Å². The number of nitro groups is 1. The van der Waals surface area contributed by atoms with E-state index in [9.17, 15) is 14.9 Å². The Morgan fingerprint density at radius 2 is 2.26 bits per heavy atom. The first-order chi connectivity index (χ1) is 9.10. The molecule has 19 heavy (non-hydrogen) atoms. The van der Waals surface area contributed by atoms with Crippen molar-refractivity contribution in [1.82, 2.24) is 0 Å². The minimum absolute atomic E-state index is 0.137. The van der Waals surface area contributed by atoms with Crippen LogP contribution in [0.3, 0.4) is 0 Å². The van der Waals surface area contributed by atoms with Crippen molar-refractivity contribution in [2.45, 2.75) is 13.3 Å². The zero-order valence-electron chi connectivity index (χ0n) is 10.5. The summed E-state index contributed by atoms with van der Waals surface area (Å²) in [6, 6.07) is 4.07. The molecule has 0 saturated carbocycles. The maximum absolute atomic E-state index is 11.5. The monoisotopic (exact) mass is 262 g/mol. The average Bonchev–Trinajstić information content (AvgIpc) is 2.39. The molecule has 100 valence electrons. The van der Waals surface area contributed by atoms with Gasteiger partial charge in [0, 0.05) is 19.0 Å². The summed E-state index contributed by atoms with van der Waals surface area (Å²) in [7, 11) is 0. The summed E-state index contributed by atoms with van der Waals surface area (Å²) in [5.74, 6) is 4.80. The predicted molar refractivity (Wildman–Crippen MR) is 69.6 cm³/mol.